The van der Waals surface area contributed by atoms with Gasteiger partial charge >= 0.3 is 5.97 Å². The number of aliphatic carboxylic acids is 1. The Bertz CT molecular complexity index is 1350. The number of halogens is 1. The molecule has 1 atom stereocenters. The average Bonchev–Trinajstić information content (AvgIpc) is 3.47. The van der Waals surface area contributed by atoms with Gasteiger partial charge in [0.15, 0.2) is 0 Å². The lowest BCUT2D eigenvalue weighted by Gasteiger charge is -2.16. The summed E-state index contributed by atoms with van der Waals surface area (Å²) in [7, 11) is 0. The number of benzene rings is 1. The van der Waals surface area contributed by atoms with Gasteiger partial charge in [-0.05, 0) is 56.9 Å². The molecule has 3 aromatic heterocycles. The largest absolute Gasteiger partial charge is 0.481 e. The van der Waals surface area contributed by atoms with Crippen LogP contribution in [-0.4, -0.2) is 42.1 Å². The first-order valence-electron chi connectivity index (χ1n) is 11.7. The standard InChI is InChI=1S/C25H28ClN5O4/c1-5-15-11-21-16(13-28-31(21)18(6-2)7-8-22(32)33)9-19(15)23-29-24(35-30-23)17-10-20(26)25(27-12-17)34-14(3)4/h9-14,18H,5-8H2,1-4H3,(H,32,33). The highest BCUT2D eigenvalue weighted by molar-refractivity contribution is 6.32. The molecular weight excluding hydrogens is 470 g/mol. The van der Waals surface area contributed by atoms with Crippen LogP contribution in [0.4, 0.5) is 0 Å². The van der Waals surface area contributed by atoms with Gasteiger partial charge in [-0.15, -0.1) is 0 Å². The van der Waals surface area contributed by atoms with E-state index in [1.807, 2.05) is 31.5 Å². The van der Waals surface area contributed by atoms with E-state index in [4.69, 9.17) is 26.0 Å². The van der Waals surface area contributed by atoms with Crippen LogP contribution in [0, 0.1) is 0 Å². The summed E-state index contributed by atoms with van der Waals surface area (Å²) in [5.74, 6) is 0.323. The number of pyridine rings is 1. The summed E-state index contributed by atoms with van der Waals surface area (Å²) in [5, 5.41) is 19.2. The van der Waals surface area contributed by atoms with Crippen LogP contribution in [0.2, 0.25) is 5.02 Å². The van der Waals surface area contributed by atoms with Crippen molar-refractivity contribution < 1.29 is 19.2 Å². The van der Waals surface area contributed by atoms with E-state index in [9.17, 15) is 4.79 Å². The predicted octanol–water partition coefficient (Wildman–Crippen LogP) is 5.97. The van der Waals surface area contributed by atoms with Gasteiger partial charge in [0, 0.05) is 23.6 Å². The molecule has 184 valence electrons. The monoisotopic (exact) mass is 497 g/mol. The highest BCUT2D eigenvalue weighted by Gasteiger charge is 2.20. The first-order chi connectivity index (χ1) is 16.8. The van der Waals surface area contributed by atoms with Crippen LogP contribution in [0.5, 0.6) is 5.88 Å². The third-order valence-corrected chi connectivity index (χ3v) is 6.05. The number of carboxylic acids is 1. The van der Waals surface area contributed by atoms with Crippen LogP contribution in [-0.2, 0) is 11.2 Å². The molecule has 1 N–H and O–H groups in total. The second-order valence-electron chi connectivity index (χ2n) is 8.61. The Balaban J connectivity index is 1.67. The molecule has 4 aromatic rings. The number of aryl methyl sites for hydroxylation is 1. The Morgan fingerprint density at radius 3 is 2.69 bits per heavy atom. The van der Waals surface area contributed by atoms with Crippen molar-refractivity contribution in [3.63, 3.8) is 0 Å². The van der Waals surface area contributed by atoms with Crippen molar-refractivity contribution in [2.45, 2.75) is 65.5 Å². The van der Waals surface area contributed by atoms with Crippen molar-refractivity contribution in [1.29, 1.82) is 0 Å². The molecule has 0 aliphatic carbocycles. The summed E-state index contributed by atoms with van der Waals surface area (Å²) in [6.07, 6.45) is 5.51. The quantitative estimate of drug-likeness (QED) is 0.285. The van der Waals surface area contributed by atoms with E-state index >= 15 is 0 Å². The van der Waals surface area contributed by atoms with Gasteiger partial charge < -0.3 is 14.4 Å². The number of aromatic nitrogens is 5. The molecule has 0 amide bonds. The van der Waals surface area contributed by atoms with Crippen LogP contribution >= 0.6 is 11.6 Å². The summed E-state index contributed by atoms with van der Waals surface area (Å²) >= 11 is 6.32. The number of hydrogen-bond donors (Lipinski definition) is 1. The molecule has 0 aliphatic heterocycles. The number of hydrogen-bond acceptors (Lipinski definition) is 7. The second-order valence-corrected chi connectivity index (χ2v) is 9.01. The summed E-state index contributed by atoms with van der Waals surface area (Å²) in [6.45, 7) is 7.91. The van der Waals surface area contributed by atoms with Gasteiger partial charge in [0.2, 0.25) is 11.7 Å². The molecule has 0 saturated carbocycles. The Kier molecular flexibility index (Phi) is 7.35. The highest BCUT2D eigenvalue weighted by atomic mass is 35.5. The summed E-state index contributed by atoms with van der Waals surface area (Å²) in [4.78, 5) is 19.9. The zero-order valence-electron chi connectivity index (χ0n) is 20.2. The third-order valence-electron chi connectivity index (χ3n) is 5.78. The molecule has 0 spiro atoms. The Hall–Kier alpha value is -3.46. The summed E-state index contributed by atoms with van der Waals surface area (Å²) in [5.41, 5.74) is 3.45. The molecule has 0 saturated heterocycles. The number of carbonyl (C=O) groups is 1. The lowest BCUT2D eigenvalue weighted by Crippen LogP contribution is -2.11. The Labute approximate surface area is 208 Å². The summed E-state index contributed by atoms with van der Waals surface area (Å²) < 4.78 is 13.0. The van der Waals surface area contributed by atoms with E-state index < -0.39 is 5.97 Å². The molecule has 0 fully saturated rings. The second kappa shape index (κ2) is 10.4. The molecule has 4 rings (SSSR count). The van der Waals surface area contributed by atoms with Gasteiger partial charge in [0.25, 0.3) is 5.89 Å². The fourth-order valence-corrected chi connectivity index (χ4v) is 4.23. The van der Waals surface area contributed by atoms with E-state index in [1.165, 1.54) is 0 Å². The van der Waals surface area contributed by atoms with Gasteiger partial charge in [-0.1, -0.05) is 30.6 Å². The topological polar surface area (TPSA) is 116 Å². The van der Waals surface area contributed by atoms with Gasteiger partial charge in [-0.25, -0.2) is 4.98 Å². The number of ether oxygens (including phenoxy) is 1. The van der Waals surface area contributed by atoms with Crippen LogP contribution in [0.3, 0.4) is 0 Å². The molecule has 0 bridgehead atoms. The zero-order valence-corrected chi connectivity index (χ0v) is 20.9. The van der Waals surface area contributed by atoms with Gasteiger partial charge in [-0.2, -0.15) is 10.1 Å². The molecule has 1 unspecified atom stereocenters. The zero-order chi connectivity index (χ0) is 25.1. The van der Waals surface area contributed by atoms with Crippen LogP contribution in [0.1, 0.15) is 58.6 Å². The third kappa shape index (κ3) is 5.30. The van der Waals surface area contributed by atoms with Crippen LogP contribution < -0.4 is 4.74 Å². The van der Waals surface area contributed by atoms with Crippen molar-refractivity contribution >= 4 is 28.5 Å². The molecular formula is C25H28ClN5O4. The van der Waals surface area contributed by atoms with E-state index in [-0.39, 0.29) is 18.6 Å². The number of carboxylic acid groups (broad SMARTS) is 1. The van der Waals surface area contributed by atoms with E-state index in [1.54, 1.807) is 18.5 Å². The smallest absolute Gasteiger partial charge is 0.303 e. The first kappa shape index (κ1) is 24.7. The Morgan fingerprint density at radius 1 is 1.23 bits per heavy atom. The molecule has 1 aromatic carbocycles. The van der Waals surface area contributed by atoms with Crippen molar-refractivity contribution in [2.24, 2.45) is 0 Å². The fourth-order valence-electron chi connectivity index (χ4n) is 4.02. The first-order valence-corrected chi connectivity index (χ1v) is 12.1. The molecule has 10 heteroatoms. The van der Waals surface area contributed by atoms with Crippen molar-refractivity contribution in [2.75, 3.05) is 0 Å². The number of rotatable bonds is 10. The highest BCUT2D eigenvalue weighted by Crippen LogP contribution is 2.33. The average molecular weight is 498 g/mol. The molecule has 0 radical (unpaired) electrons. The maximum atomic E-state index is 11.1. The van der Waals surface area contributed by atoms with Crippen molar-refractivity contribution in [3.8, 4) is 28.7 Å². The maximum Gasteiger partial charge on any atom is 0.303 e. The minimum Gasteiger partial charge on any atom is -0.481 e. The van der Waals surface area contributed by atoms with Crippen molar-refractivity contribution in [3.05, 3.63) is 41.2 Å². The fraction of sp³-hybridized carbons (Fsp3) is 0.400. The number of nitrogens with zero attached hydrogens (tertiary/aromatic N) is 5. The van der Waals surface area contributed by atoms with E-state index in [0.717, 1.165) is 34.9 Å². The molecule has 9 nitrogen and oxygen atoms in total. The minimum atomic E-state index is -0.803. The van der Waals surface area contributed by atoms with Crippen LogP contribution in [0.15, 0.2) is 35.1 Å². The van der Waals surface area contributed by atoms with Gasteiger partial charge in [-0.3, -0.25) is 9.48 Å². The lowest BCUT2D eigenvalue weighted by atomic mass is 10.0. The molecule has 35 heavy (non-hydrogen) atoms. The van der Waals surface area contributed by atoms with Gasteiger partial charge in [0.05, 0.1) is 29.4 Å². The minimum absolute atomic E-state index is 0.0100. The SMILES string of the molecule is CCc1cc2c(cnn2C(CC)CCC(=O)O)cc1-c1noc(-c2cnc(OC(C)C)c(Cl)c2)n1. The Morgan fingerprint density at radius 2 is 2.03 bits per heavy atom. The number of fused-ring (bicyclic) bond motifs is 1. The molecule has 3 heterocycles. The van der Waals surface area contributed by atoms with Gasteiger partial charge in [0.1, 0.15) is 5.02 Å². The van der Waals surface area contributed by atoms with E-state index in [0.29, 0.717) is 34.6 Å². The van der Waals surface area contributed by atoms with Crippen LogP contribution in [0.25, 0.3) is 33.7 Å². The maximum absolute atomic E-state index is 11.1. The van der Waals surface area contributed by atoms with Crippen molar-refractivity contribution in [1.82, 2.24) is 24.9 Å². The lowest BCUT2D eigenvalue weighted by molar-refractivity contribution is -0.137. The normalized spacial score (nSPS) is 12.4. The molecule has 0 aliphatic rings. The predicted molar refractivity (Wildman–Crippen MR) is 133 cm³/mol. The summed E-state index contributed by atoms with van der Waals surface area (Å²) in [6, 6.07) is 5.78. The van der Waals surface area contributed by atoms with E-state index in [2.05, 4.69) is 33.2 Å².